The third kappa shape index (κ3) is 3.21. The number of aromatic nitrogens is 2. The molecule has 1 aromatic carbocycles. The second-order valence-electron chi connectivity index (χ2n) is 3.96. The lowest BCUT2D eigenvalue weighted by Gasteiger charge is -2.08. The van der Waals surface area contributed by atoms with Gasteiger partial charge in [0.15, 0.2) is 0 Å². The number of aryl methyl sites for hydroxylation is 1. The lowest BCUT2D eigenvalue weighted by Crippen LogP contribution is -2.11. The summed E-state index contributed by atoms with van der Waals surface area (Å²) in [6, 6.07) is 10.2. The Morgan fingerprint density at radius 2 is 2.06 bits per heavy atom. The molecule has 0 amide bonds. The highest BCUT2D eigenvalue weighted by molar-refractivity contribution is 5.14. The number of rotatable bonds is 5. The van der Waals surface area contributed by atoms with Crippen molar-refractivity contribution in [3.63, 3.8) is 0 Å². The number of hydrogen-bond donors (Lipinski definition) is 2. The molecule has 0 fully saturated rings. The summed E-state index contributed by atoms with van der Waals surface area (Å²) in [7, 11) is 0. The molecule has 0 saturated heterocycles. The summed E-state index contributed by atoms with van der Waals surface area (Å²) in [6.07, 6.45) is 5.43. The molecule has 2 aromatic rings. The number of hydrogen-bond acceptors (Lipinski definition) is 2. The predicted molar refractivity (Wildman–Crippen MR) is 63.1 cm³/mol. The number of aliphatic hydroxyl groups excluding tert-OH is 1. The van der Waals surface area contributed by atoms with Gasteiger partial charge in [0.2, 0.25) is 0 Å². The van der Waals surface area contributed by atoms with Crippen LogP contribution in [0.15, 0.2) is 42.9 Å². The van der Waals surface area contributed by atoms with Gasteiger partial charge >= 0.3 is 0 Å². The standard InChI is InChI=1S/C13H16N2O/c16-13(8-12-9-14-10-15-12)7-6-11-4-2-1-3-5-11/h1-5,9-10,13,16H,6-8H2,(H,14,15). The summed E-state index contributed by atoms with van der Waals surface area (Å²) in [5, 5.41) is 9.83. The predicted octanol–water partition coefficient (Wildman–Crippen LogP) is 1.95. The molecule has 1 atom stereocenters. The zero-order valence-electron chi connectivity index (χ0n) is 9.13. The summed E-state index contributed by atoms with van der Waals surface area (Å²) in [5.41, 5.74) is 2.26. The highest BCUT2D eigenvalue weighted by Gasteiger charge is 2.06. The summed E-state index contributed by atoms with van der Waals surface area (Å²) in [5.74, 6) is 0. The first-order valence-electron chi connectivity index (χ1n) is 5.54. The van der Waals surface area contributed by atoms with E-state index in [0.717, 1.165) is 18.5 Å². The smallest absolute Gasteiger partial charge is 0.0921 e. The highest BCUT2D eigenvalue weighted by atomic mass is 16.3. The minimum Gasteiger partial charge on any atom is -0.393 e. The number of aliphatic hydroxyl groups is 1. The van der Waals surface area contributed by atoms with Gasteiger partial charge in [0, 0.05) is 18.3 Å². The van der Waals surface area contributed by atoms with Gasteiger partial charge in [-0.25, -0.2) is 4.98 Å². The largest absolute Gasteiger partial charge is 0.393 e. The van der Waals surface area contributed by atoms with Crippen LogP contribution < -0.4 is 0 Å². The van der Waals surface area contributed by atoms with Crippen LogP contribution in [0, 0.1) is 0 Å². The normalized spacial score (nSPS) is 12.6. The number of imidazole rings is 1. The van der Waals surface area contributed by atoms with Crippen molar-refractivity contribution < 1.29 is 5.11 Å². The van der Waals surface area contributed by atoms with Gasteiger partial charge in [-0.3, -0.25) is 0 Å². The van der Waals surface area contributed by atoms with Crippen molar-refractivity contribution in [2.45, 2.75) is 25.4 Å². The van der Waals surface area contributed by atoms with Crippen molar-refractivity contribution in [3.8, 4) is 0 Å². The van der Waals surface area contributed by atoms with Gasteiger partial charge in [0.1, 0.15) is 0 Å². The Morgan fingerprint density at radius 3 is 2.75 bits per heavy atom. The molecule has 0 spiro atoms. The average Bonchev–Trinajstić information content (AvgIpc) is 2.81. The second-order valence-corrected chi connectivity index (χ2v) is 3.96. The molecule has 1 unspecified atom stereocenters. The van der Waals surface area contributed by atoms with E-state index in [1.165, 1.54) is 5.56 Å². The van der Waals surface area contributed by atoms with E-state index in [4.69, 9.17) is 0 Å². The number of H-pyrrole nitrogens is 1. The third-order valence-electron chi connectivity index (χ3n) is 2.62. The minimum absolute atomic E-state index is 0.305. The van der Waals surface area contributed by atoms with Crippen LogP contribution in [-0.4, -0.2) is 21.2 Å². The van der Waals surface area contributed by atoms with Crippen molar-refractivity contribution in [2.24, 2.45) is 0 Å². The Kier molecular flexibility index (Phi) is 3.72. The van der Waals surface area contributed by atoms with Gasteiger partial charge in [-0.1, -0.05) is 30.3 Å². The van der Waals surface area contributed by atoms with E-state index < -0.39 is 0 Å². The van der Waals surface area contributed by atoms with Crippen LogP contribution in [0.5, 0.6) is 0 Å². The Bertz CT molecular complexity index is 397. The van der Waals surface area contributed by atoms with E-state index in [0.29, 0.717) is 6.42 Å². The first-order chi connectivity index (χ1) is 7.84. The van der Waals surface area contributed by atoms with E-state index >= 15 is 0 Å². The van der Waals surface area contributed by atoms with Crippen LogP contribution in [0.3, 0.4) is 0 Å². The van der Waals surface area contributed by atoms with E-state index in [9.17, 15) is 5.11 Å². The Balaban J connectivity index is 1.78. The van der Waals surface area contributed by atoms with E-state index in [-0.39, 0.29) is 6.10 Å². The van der Waals surface area contributed by atoms with Crippen LogP contribution >= 0.6 is 0 Å². The number of nitrogens with zero attached hydrogens (tertiary/aromatic N) is 1. The zero-order chi connectivity index (χ0) is 11.2. The molecular formula is C13H16N2O. The van der Waals surface area contributed by atoms with Crippen LogP contribution in [0.2, 0.25) is 0 Å². The molecule has 0 aliphatic rings. The van der Waals surface area contributed by atoms with Crippen LogP contribution in [-0.2, 0) is 12.8 Å². The molecule has 0 aliphatic heterocycles. The number of aromatic amines is 1. The molecule has 1 heterocycles. The molecule has 16 heavy (non-hydrogen) atoms. The van der Waals surface area contributed by atoms with Crippen molar-refractivity contribution in [3.05, 3.63) is 54.1 Å². The van der Waals surface area contributed by atoms with E-state index in [1.54, 1.807) is 12.5 Å². The molecule has 3 heteroatoms. The van der Waals surface area contributed by atoms with E-state index in [1.807, 2.05) is 18.2 Å². The Labute approximate surface area is 95.2 Å². The Hall–Kier alpha value is -1.61. The van der Waals surface area contributed by atoms with Gasteiger partial charge in [0.25, 0.3) is 0 Å². The third-order valence-corrected chi connectivity index (χ3v) is 2.62. The van der Waals surface area contributed by atoms with Crippen LogP contribution in [0.4, 0.5) is 0 Å². The topological polar surface area (TPSA) is 48.9 Å². The maximum atomic E-state index is 9.83. The average molecular weight is 216 g/mol. The summed E-state index contributed by atoms with van der Waals surface area (Å²) in [6.45, 7) is 0. The molecule has 3 nitrogen and oxygen atoms in total. The maximum Gasteiger partial charge on any atom is 0.0921 e. The molecule has 1 aromatic heterocycles. The molecular weight excluding hydrogens is 200 g/mol. The molecule has 0 aliphatic carbocycles. The van der Waals surface area contributed by atoms with Crippen molar-refractivity contribution in [2.75, 3.05) is 0 Å². The maximum absolute atomic E-state index is 9.83. The van der Waals surface area contributed by atoms with Crippen molar-refractivity contribution in [1.82, 2.24) is 9.97 Å². The molecule has 2 rings (SSSR count). The van der Waals surface area contributed by atoms with Gasteiger partial charge in [0.05, 0.1) is 12.4 Å². The summed E-state index contributed by atoms with van der Waals surface area (Å²) >= 11 is 0. The van der Waals surface area contributed by atoms with Crippen LogP contribution in [0.25, 0.3) is 0 Å². The lowest BCUT2D eigenvalue weighted by molar-refractivity contribution is 0.164. The van der Waals surface area contributed by atoms with Crippen LogP contribution in [0.1, 0.15) is 17.7 Å². The molecule has 0 bridgehead atoms. The van der Waals surface area contributed by atoms with Crippen molar-refractivity contribution in [1.29, 1.82) is 0 Å². The van der Waals surface area contributed by atoms with E-state index in [2.05, 4.69) is 22.1 Å². The summed E-state index contributed by atoms with van der Waals surface area (Å²) in [4.78, 5) is 6.92. The molecule has 0 saturated carbocycles. The molecule has 84 valence electrons. The summed E-state index contributed by atoms with van der Waals surface area (Å²) < 4.78 is 0. The zero-order valence-corrected chi connectivity index (χ0v) is 9.13. The Morgan fingerprint density at radius 1 is 1.25 bits per heavy atom. The first kappa shape index (κ1) is 10.9. The fraction of sp³-hybridized carbons (Fsp3) is 0.308. The molecule has 2 N–H and O–H groups in total. The minimum atomic E-state index is -0.305. The highest BCUT2D eigenvalue weighted by Crippen LogP contribution is 2.08. The van der Waals surface area contributed by atoms with Gasteiger partial charge < -0.3 is 10.1 Å². The molecule has 0 radical (unpaired) electrons. The number of benzene rings is 1. The SMILES string of the molecule is OC(CCc1ccccc1)Cc1cnc[nH]1. The van der Waals surface area contributed by atoms with Gasteiger partial charge in [-0.15, -0.1) is 0 Å². The van der Waals surface area contributed by atoms with Crippen molar-refractivity contribution >= 4 is 0 Å². The van der Waals surface area contributed by atoms with Gasteiger partial charge in [-0.05, 0) is 18.4 Å². The monoisotopic (exact) mass is 216 g/mol. The number of nitrogens with one attached hydrogen (secondary N) is 1. The quantitative estimate of drug-likeness (QED) is 0.802. The fourth-order valence-corrected chi connectivity index (χ4v) is 1.73. The lowest BCUT2D eigenvalue weighted by atomic mass is 10.0. The van der Waals surface area contributed by atoms with Gasteiger partial charge in [-0.2, -0.15) is 0 Å². The fourth-order valence-electron chi connectivity index (χ4n) is 1.73. The second kappa shape index (κ2) is 5.47. The first-order valence-corrected chi connectivity index (χ1v) is 5.54.